The molecular formula is C66H42N4. The lowest BCUT2D eigenvalue weighted by molar-refractivity contribution is 1.29. The summed E-state index contributed by atoms with van der Waals surface area (Å²) in [5, 5.41) is 9.99. The molecule has 0 saturated carbocycles. The van der Waals surface area contributed by atoms with E-state index in [0.29, 0.717) is 0 Å². The highest BCUT2D eigenvalue weighted by Gasteiger charge is 2.27. The van der Waals surface area contributed by atoms with Gasteiger partial charge in [0.15, 0.2) is 0 Å². The Bertz CT molecular complexity index is 4170. The van der Waals surface area contributed by atoms with Crippen molar-refractivity contribution in [3.8, 4) is 22.3 Å². The van der Waals surface area contributed by atoms with Crippen molar-refractivity contribution in [2.24, 2.45) is 0 Å². The molecule has 0 unspecified atom stereocenters. The molecule has 0 aliphatic carbocycles. The molecule has 11 aromatic carbocycles. The summed E-state index contributed by atoms with van der Waals surface area (Å²) < 4.78 is 5.07. The summed E-state index contributed by atoms with van der Waals surface area (Å²) in [4.78, 5) is 4.87. The molecule has 4 heteroatoms. The second-order valence-corrected chi connectivity index (χ2v) is 18.5. The number of benzene rings is 11. The van der Waals surface area contributed by atoms with Gasteiger partial charge in [0.05, 0.1) is 44.5 Å². The maximum absolute atomic E-state index is 2.54. The van der Waals surface area contributed by atoms with E-state index in [4.69, 9.17) is 0 Å². The smallest absolute Gasteiger partial charge is 0.0621 e. The third kappa shape index (κ3) is 5.59. The second-order valence-electron chi connectivity index (χ2n) is 18.5. The van der Waals surface area contributed by atoms with Crippen molar-refractivity contribution in [2.45, 2.75) is 0 Å². The monoisotopic (exact) mass is 890 g/mol. The maximum atomic E-state index is 2.54. The summed E-state index contributed by atoms with van der Waals surface area (Å²) in [7, 11) is 0. The van der Waals surface area contributed by atoms with Gasteiger partial charge in [0.25, 0.3) is 0 Å². The molecule has 70 heavy (non-hydrogen) atoms. The molecule has 0 atom stereocenters. The van der Waals surface area contributed by atoms with Crippen LogP contribution >= 0.6 is 0 Å². The molecule has 0 fully saturated rings. The third-order valence-corrected chi connectivity index (χ3v) is 14.7. The first-order chi connectivity index (χ1) is 34.8. The van der Waals surface area contributed by atoms with Crippen LogP contribution in [0.5, 0.6) is 0 Å². The zero-order valence-corrected chi connectivity index (χ0v) is 38.0. The van der Waals surface area contributed by atoms with Crippen molar-refractivity contribution < 1.29 is 0 Å². The van der Waals surface area contributed by atoms with E-state index >= 15 is 0 Å². The Balaban J connectivity index is 0.961. The summed E-state index contributed by atoms with van der Waals surface area (Å²) in [6, 6.07) is 93.2. The van der Waals surface area contributed by atoms with Crippen molar-refractivity contribution in [1.29, 1.82) is 0 Å². The summed E-state index contributed by atoms with van der Waals surface area (Å²) in [5.41, 5.74) is 18.9. The van der Waals surface area contributed by atoms with Gasteiger partial charge in [-0.05, 0) is 107 Å². The zero-order chi connectivity index (χ0) is 45.9. The minimum absolute atomic E-state index is 1.12. The van der Waals surface area contributed by atoms with Crippen LogP contribution in [0.1, 0.15) is 0 Å². The van der Waals surface area contributed by atoms with Crippen LogP contribution in [0.15, 0.2) is 255 Å². The van der Waals surface area contributed by atoms with E-state index < -0.39 is 0 Å². The van der Waals surface area contributed by atoms with Crippen molar-refractivity contribution in [3.63, 3.8) is 0 Å². The Morgan fingerprint density at radius 2 is 0.571 bits per heavy atom. The van der Waals surface area contributed by atoms with Gasteiger partial charge >= 0.3 is 0 Å². The predicted octanol–water partition coefficient (Wildman–Crippen LogP) is 18.3. The number of hydrogen-bond donors (Lipinski definition) is 0. The molecule has 0 saturated heterocycles. The number of hydrogen-bond acceptors (Lipinski definition) is 2. The van der Waals surface area contributed by atoms with Crippen LogP contribution in [0.2, 0.25) is 0 Å². The summed E-state index contributed by atoms with van der Waals surface area (Å²) in [6.45, 7) is 0. The lowest BCUT2D eigenvalue weighted by Crippen LogP contribution is -2.10. The average molecular weight is 891 g/mol. The fourth-order valence-electron chi connectivity index (χ4n) is 11.8. The molecule has 0 aliphatic rings. The molecule has 4 heterocycles. The molecule has 0 spiro atoms. The number of rotatable bonds is 8. The Kier molecular flexibility index (Phi) is 8.33. The van der Waals surface area contributed by atoms with Gasteiger partial charge in [0.2, 0.25) is 0 Å². The van der Waals surface area contributed by atoms with E-state index in [-0.39, 0.29) is 0 Å². The number of aromatic nitrogens is 2. The number of nitrogens with zero attached hydrogens (tertiary/aromatic N) is 4. The molecule has 15 rings (SSSR count). The Morgan fingerprint density at radius 3 is 1.00 bits per heavy atom. The lowest BCUT2D eigenvalue weighted by atomic mass is 10.0. The third-order valence-electron chi connectivity index (χ3n) is 14.7. The van der Waals surface area contributed by atoms with Crippen LogP contribution < -0.4 is 9.80 Å². The van der Waals surface area contributed by atoms with Crippen LogP contribution in [0, 0.1) is 0 Å². The van der Waals surface area contributed by atoms with Gasteiger partial charge in [-0.1, -0.05) is 170 Å². The normalized spacial score (nSPS) is 12.0. The number of fused-ring (bicyclic) bond motifs is 12. The Morgan fingerprint density at radius 1 is 0.229 bits per heavy atom. The predicted molar refractivity (Wildman–Crippen MR) is 296 cm³/mol. The van der Waals surface area contributed by atoms with Gasteiger partial charge in [-0.25, -0.2) is 0 Å². The Hall–Kier alpha value is -9.38. The van der Waals surface area contributed by atoms with Crippen LogP contribution in [0.3, 0.4) is 0 Å². The van der Waals surface area contributed by atoms with Gasteiger partial charge in [-0.3, -0.25) is 0 Å². The number of para-hydroxylation sites is 4. The minimum Gasteiger partial charge on any atom is -0.310 e. The van der Waals surface area contributed by atoms with Crippen LogP contribution in [-0.2, 0) is 0 Å². The van der Waals surface area contributed by atoms with Crippen LogP contribution in [-0.4, -0.2) is 8.80 Å². The van der Waals surface area contributed by atoms with Gasteiger partial charge in [-0.15, -0.1) is 0 Å². The van der Waals surface area contributed by atoms with Gasteiger partial charge in [0.1, 0.15) is 0 Å². The SMILES string of the molecule is c1ccc(-c2cccc(N(c3ccccc3)c3cccc4c3c3cccc5c6cc7c(cc6n4c53)c3cccc4c5c(N(c6ccccc6)c6cccc(-c8ccccc8)c6)cccc5n7c34)c2)cc1. The summed E-state index contributed by atoms with van der Waals surface area (Å²) in [5.74, 6) is 0. The summed E-state index contributed by atoms with van der Waals surface area (Å²) in [6.07, 6.45) is 0. The molecule has 326 valence electrons. The zero-order valence-electron chi connectivity index (χ0n) is 38.0. The van der Waals surface area contributed by atoms with Gasteiger partial charge in [-0.2, -0.15) is 0 Å². The van der Waals surface area contributed by atoms with E-state index in [1.807, 2.05) is 0 Å². The lowest BCUT2D eigenvalue weighted by Gasteiger charge is -2.27. The quantitative estimate of drug-likeness (QED) is 0.151. The molecule has 4 nitrogen and oxygen atoms in total. The van der Waals surface area contributed by atoms with E-state index in [2.05, 4.69) is 273 Å². The highest BCUT2D eigenvalue weighted by molar-refractivity contribution is 6.31. The maximum Gasteiger partial charge on any atom is 0.0621 e. The van der Waals surface area contributed by atoms with Crippen molar-refractivity contribution in [1.82, 2.24) is 8.80 Å². The molecule has 0 bridgehead atoms. The number of anilines is 6. The Labute approximate surface area is 404 Å². The van der Waals surface area contributed by atoms with E-state index in [0.717, 1.165) is 34.1 Å². The standard InChI is InChI=1S/C66H42N4/c1-5-19-43(20-6-1)45-23-13-29-49(39-45)67(47-25-9-3-10-26-47)57-35-17-37-59-63(57)53-33-15-31-51-55-42-62-56(41-61(55)69(59)65(51)53)52-32-16-34-54-64-58(36-18-38-60(64)70(62)66(52)54)68(48-27-11-4-12-28-48)50-30-14-24-46(40-50)44-21-7-2-8-22-44/h1-42H. The molecule has 0 N–H and O–H groups in total. The first-order valence-electron chi connectivity index (χ1n) is 24.1. The second kappa shape index (κ2) is 15.1. The summed E-state index contributed by atoms with van der Waals surface area (Å²) >= 11 is 0. The van der Waals surface area contributed by atoms with Crippen molar-refractivity contribution in [2.75, 3.05) is 9.80 Å². The molecular weight excluding hydrogens is 849 g/mol. The average Bonchev–Trinajstić information content (AvgIpc) is 4.16. The fraction of sp³-hybridized carbons (Fsp3) is 0. The van der Waals surface area contributed by atoms with Crippen molar-refractivity contribution in [3.05, 3.63) is 255 Å². The molecule has 0 aliphatic heterocycles. The fourth-order valence-corrected chi connectivity index (χ4v) is 11.8. The van der Waals surface area contributed by atoms with Gasteiger partial charge in [0, 0.05) is 65.8 Å². The molecule has 4 aromatic heterocycles. The van der Waals surface area contributed by atoms with E-state index in [1.165, 1.54) is 98.4 Å². The molecule has 15 aromatic rings. The minimum atomic E-state index is 1.12. The van der Waals surface area contributed by atoms with Crippen molar-refractivity contribution >= 4 is 110 Å². The van der Waals surface area contributed by atoms with E-state index in [1.54, 1.807) is 0 Å². The topological polar surface area (TPSA) is 15.3 Å². The van der Waals surface area contributed by atoms with Crippen LogP contribution in [0.4, 0.5) is 34.1 Å². The van der Waals surface area contributed by atoms with Crippen LogP contribution in [0.25, 0.3) is 98.4 Å². The first-order valence-corrected chi connectivity index (χ1v) is 24.1. The first kappa shape index (κ1) is 38.7. The highest BCUT2D eigenvalue weighted by Crippen LogP contribution is 2.50. The van der Waals surface area contributed by atoms with Gasteiger partial charge < -0.3 is 18.6 Å². The van der Waals surface area contributed by atoms with E-state index in [9.17, 15) is 0 Å². The highest BCUT2D eigenvalue weighted by atomic mass is 15.2. The largest absolute Gasteiger partial charge is 0.310 e. The molecule has 0 radical (unpaired) electrons. The molecule has 0 amide bonds.